The van der Waals surface area contributed by atoms with Crippen LogP contribution < -0.4 is 9.47 Å². The van der Waals surface area contributed by atoms with E-state index in [1.54, 1.807) is 13.0 Å². The molecule has 1 saturated carbocycles. The van der Waals surface area contributed by atoms with E-state index in [2.05, 4.69) is 4.98 Å². The Morgan fingerprint density at radius 1 is 1.37 bits per heavy atom. The van der Waals surface area contributed by atoms with E-state index in [0.29, 0.717) is 30.4 Å². The molecule has 0 spiro atoms. The Labute approximate surface area is 158 Å². The number of hydrogen-bond donors (Lipinski definition) is 1. The molecular weight excluding hydrogens is 349 g/mol. The number of pyridine rings is 1. The van der Waals surface area contributed by atoms with E-state index < -0.39 is 11.9 Å². The Kier molecular flexibility index (Phi) is 5.94. The number of methoxy groups -OCH3 is 1. The number of ether oxygens (including phenoxy) is 2. The van der Waals surface area contributed by atoms with Crippen LogP contribution in [0.4, 0.5) is 4.39 Å². The molecule has 1 fully saturated rings. The smallest absolute Gasteiger partial charge is 0.306 e. The predicted octanol–water partition coefficient (Wildman–Crippen LogP) is 4.07. The molecule has 1 N–H and O–H groups in total. The van der Waals surface area contributed by atoms with Gasteiger partial charge in [0.05, 0.1) is 25.8 Å². The third kappa shape index (κ3) is 4.76. The summed E-state index contributed by atoms with van der Waals surface area (Å²) in [6.07, 6.45) is 3.41. The van der Waals surface area contributed by atoms with Crippen LogP contribution in [0.5, 0.6) is 11.6 Å². The van der Waals surface area contributed by atoms with Crippen molar-refractivity contribution in [1.29, 1.82) is 0 Å². The minimum Gasteiger partial charge on any atom is -0.493 e. The minimum absolute atomic E-state index is 0.165. The fraction of sp³-hybridized carbons (Fsp3) is 0.429. The third-order valence-corrected chi connectivity index (χ3v) is 5.09. The summed E-state index contributed by atoms with van der Waals surface area (Å²) in [5, 5.41) is 9.03. The van der Waals surface area contributed by atoms with Crippen molar-refractivity contribution in [3.8, 4) is 11.6 Å². The number of carbonyl (C=O) groups is 1. The van der Waals surface area contributed by atoms with Gasteiger partial charge in [0.15, 0.2) is 0 Å². The number of rotatable bonds is 8. The summed E-state index contributed by atoms with van der Waals surface area (Å²) in [4.78, 5) is 14.9. The fourth-order valence-corrected chi connectivity index (χ4v) is 3.40. The number of nitrogens with zero attached hydrogens (tertiary/aromatic N) is 1. The van der Waals surface area contributed by atoms with E-state index in [9.17, 15) is 9.18 Å². The van der Waals surface area contributed by atoms with E-state index in [-0.39, 0.29) is 11.7 Å². The zero-order valence-electron chi connectivity index (χ0n) is 15.5. The van der Waals surface area contributed by atoms with Gasteiger partial charge in [-0.25, -0.2) is 9.37 Å². The molecule has 1 aliphatic rings. The van der Waals surface area contributed by atoms with Gasteiger partial charge in [-0.1, -0.05) is 19.1 Å². The average molecular weight is 373 g/mol. The first-order chi connectivity index (χ1) is 13.0. The number of halogens is 1. The molecular formula is C21H24FNO4. The van der Waals surface area contributed by atoms with Crippen LogP contribution in [-0.4, -0.2) is 29.8 Å². The van der Waals surface area contributed by atoms with Crippen molar-refractivity contribution in [1.82, 2.24) is 4.98 Å². The maximum atomic E-state index is 14.0. The number of carboxylic acids is 1. The SMILES string of the molecule is COc1cc(C2CC(COc3cccc(CC(C)C(=O)O)c3)C2)c(F)cn1. The van der Waals surface area contributed by atoms with Crippen LogP contribution >= 0.6 is 0 Å². The minimum atomic E-state index is -0.804. The maximum absolute atomic E-state index is 14.0. The maximum Gasteiger partial charge on any atom is 0.306 e. The second-order valence-corrected chi connectivity index (χ2v) is 7.18. The van der Waals surface area contributed by atoms with Gasteiger partial charge in [-0.15, -0.1) is 0 Å². The zero-order valence-corrected chi connectivity index (χ0v) is 15.5. The molecule has 1 aromatic heterocycles. The van der Waals surface area contributed by atoms with E-state index in [0.717, 1.165) is 24.2 Å². The molecule has 0 saturated heterocycles. The molecule has 6 heteroatoms. The molecule has 1 unspecified atom stereocenters. The first kappa shape index (κ1) is 19.1. The molecule has 1 aliphatic carbocycles. The molecule has 1 heterocycles. The van der Waals surface area contributed by atoms with Gasteiger partial charge in [-0.05, 0) is 54.4 Å². The van der Waals surface area contributed by atoms with Crippen molar-refractivity contribution in [2.45, 2.75) is 32.1 Å². The molecule has 2 aromatic rings. The van der Waals surface area contributed by atoms with E-state index in [1.807, 2.05) is 24.3 Å². The van der Waals surface area contributed by atoms with Crippen LogP contribution in [0.1, 0.15) is 36.8 Å². The first-order valence-corrected chi connectivity index (χ1v) is 9.10. The number of hydrogen-bond acceptors (Lipinski definition) is 4. The molecule has 0 radical (unpaired) electrons. The predicted molar refractivity (Wildman–Crippen MR) is 98.7 cm³/mol. The zero-order chi connectivity index (χ0) is 19.4. The average Bonchev–Trinajstić information content (AvgIpc) is 2.62. The third-order valence-electron chi connectivity index (χ3n) is 5.09. The molecule has 1 atom stereocenters. The summed E-state index contributed by atoms with van der Waals surface area (Å²) in [5.74, 6) is 0.180. The van der Waals surface area contributed by atoms with Gasteiger partial charge < -0.3 is 14.6 Å². The Hall–Kier alpha value is -2.63. The van der Waals surface area contributed by atoms with Gasteiger partial charge in [0, 0.05) is 6.07 Å². The Balaban J connectivity index is 1.51. The van der Waals surface area contributed by atoms with Crippen LogP contribution in [0.3, 0.4) is 0 Å². The Bertz CT molecular complexity index is 805. The highest BCUT2D eigenvalue weighted by Gasteiger charge is 2.33. The second kappa shape index (κ2) is 8.37. The van der Waals surface area contributed by atoms with Crippen molar-refractivity contribution in [3.05, 3.63) is 53.5 Å². The fourth-order valence-electron chi connectivity index (χ4n) is 3.40. The van der Waals surface area contributed by atoms with Crippen molar-refractivity contribution in [3.63, 3.8) is 0 Å². The monoisotopic (exact) mass is 373 g/mol. The van der Waals surface area contributed by atoms with Gasteiger partial charge in [0.25, 0.3) is 0 Å². The molecule has 144 valence electrons. The molecule has 0 amide bonds. The normalized spacial score (nSPS) is 19.8. The van der Waals surface area contributed by atoms with Crippen molar-refractivity contribution >= 4 is 5.97 Å². The van der Waals surface area contributed by atoms with E-state index >= 15 is 0 Å². The first-order valence-electron chi connectivity index (χ1n) is 9.10. The highest BCUT2D eigenvalue weighted by molar-refractivity contribution is 5.69. The molecule has 0 aliphatic heterocycles. The van der Waals surface area contributed by atoms with Gasteiger partial charge in [0.2, 0.25) is 5.88 Å². The molecule has 27 heavy (non-hydrogen) atoms. The Morgan fingerprint density at radius 2 is 2.15 bits per heavy atom. The van der Waals surface area contributed by atoms with Crippen LogP contribution in [0.25, 0.3) is 0 Å². The lowest BCUT2D eigenvalue weighted by Crippen LogP contribution is -2.28. The van der Waals surface area contributed by atoms with Gasteiger partial charge in [-0.3, -0.25) is 4.79 Å². The summed E-state index contributed by atoms with van der Waals surface area (Å²) in [6.45, 7) is 2.26. The van der Waals surface area contributed by atoms with Crippen LogP contribution in [0.15, 0.2) is 36.5 Å². The summed E-state index contributed by atoms with van der Waals surface area (Å²) < 4.78 is 24.9. The summed E-state index contributed by atoms with van der Waals surface area (Å²) in [5.41, 5.74) is 1.60. The Morgan fingerprint density at radius 3 is 2.85 bits per heavy atom. The topological polar surface area (TPSA) is 68.7 Å². The number of aromatic nitrogens is 1. The van der Waals surface area contributed by atoms with Gasteiger partial charge >= 0.3 is 5.97 Å². The lowest BCUT2D eigenvalue weighted by Gasteiger charge is -2.35. The van der Waals surface area contributed by atoms with Crippen molar-refractivity contribution in [2.75, 3.05) is 13.7 Å². The lowest BCUT2D eigenvalue weighted by atomic mass is 9.72. The highest BCUT2D eigenvalue weighted by atomic mass is 19.1. The quantitative estimate of drug-likeness (QED) is 0.756. The largest absolute Gasteiger partial charge is 0.493 e. The summed E-state index contributed by atoms with van der Waals surface area (Å²) in [7, 11) is 1.52. The van der Waals surface area contributed by atoms with Crippen molar-refractivity contribution < 1.29 is 23.8 Å². The standard InChI is InChI=1S/C21H24FNO4/c1-13(21(24)25)6-14-4-3-5-17(9-14)27-12-15-7-16(8-15)18-10-20(26-2)23-11-19(18)22/h3-5,9-11,13,15-16H,6-8,12H2,1-2H3,(H,24,25). The van der Waals surface area contributed by atoms with Gasteiger partial charge in [0.1, 0.15) is 11.6 Å². The number of carboxylic acid groups (broad SMARTS) is 1. The summed E-state index contributed by atoms with van der Waals surface area (Å²) in [6, 6.07) is 9.22. The van der Waals surface area contributed by atoms with E-state index in [1.165, 1.54) is 13.3 Å². The van der Waals surface area contributed by atoms with Gasteiger partial charge in [-0.2, -0.15) is 0 Å². The van der Waals surface area contributed by atoms with Crippen molar-refractivity contribution in [2.24, 2.45) is 11.8 Å². The van der Waals surface area contributed by atoms with E-state index in [4.69, 9.17) is 14.6 Å². The lowest BCUT2D eigenvalue weighted by molar-refractivity contribution is -0.141. The second-order valence-electron chi connectivity index (χ2n) is 7.18. The van der Waals surface area contributed by atoms with Crippen LogP contribution in [0, 0.1) is 17.7 Å². The van der Waals surface area contributed by atoms with Crippen LogP contribution in [-0.2, 0) is 11.2 Å². The molecule has 0 bridgehead atoms. The number of benzene rings is 1. The summed E-state index contributed by atoms with van der Waals surface area (Å²) >= 11 is 0. The van der Waals surface area contributed by atoms with Crippen LogP contribution in [0.2, 0.25) is 0 Å². The molecule has 1 aromatic carbocycles. The molecule has 5 nitrogen and oxygen atoms in total. The number of aliphatic carboxylic acids is 1. The molecule has 3 rings (SSSR count). The highest BCUT2D eigenvalue weighted by Crippen LogP contribution is 2.43.